The van der Waals surface area contributed by atoms with Crippen molar-refractivity contribution in [3.05, 3.63) is 42.0 Å². The summed E-state index contributed by atoms with van der Waals surface area (Å²) in [4.78, 5) is 0. The molecule has 94 valence electrons. The lowest BCUT2D eigenvalue weighted by molar-refractivity contribution is 0.415. The van der Waals surface area contributed by atoms with Gasteiger partial charge in [-0.25, -0.2) is 0 Å². The minimum atomic E-state index is 0.754. The van der Waals surface area contributed by atoms with E-state index in [2.05, 4.69) is 35.6 Å². The first kappa shape index (κ1) is 11.5. The van der Waals surface area contributed by atoms with Crippen molar-refractivity contribution in [3.8, 4) is 5.75 Å². The number of hydrogen-bond donors (Lipinski definition) is 1. The van der Waals surface area contributed by atoms with Crippen molar-refractivity contribution in [2.75, 3.05) is 20.7 Å². The predicted molar refractivity (Wildman–Crippen MR) is 75.3 cm³/mol. The highest BCUT2D eigenvalue weighted by Crippen LogP contribution is 2.47. The van der Waals surface area contributed by atoms with Gasteiger partial charge in [0.25, 0.3) is 0 Å². The highest BCUT2D eigenvalue weighted by molar-refractivity contribution is 5.84. The minimum Gasteiger partial charge on any atom is -0.497 e. The Morgan fingerprint density at radius 3 is 2.72 bits per heavy atom. The van der Waals surface area contributed by atoms with E-state index in [9.17, 15) is 0 Å². The third-order valence-electron chi connectivity index (χ3n) is 3.89. The molecule has 0 radical (unpaired) electrons. The van der Waals surface area contributed by atoms with Crippen LogP contribution in [0, 0.1) is 5.92 Å². The van der Waals surface area contributed by atoms with Gasteiger partial charge in [0.2, 0.25) is 0 Å². The van der Waals surface area contributed by atoms with Crippen molar-refractivity contribution < 1.29 is 4.74 Å². The summed E-state index contributed by atoms with van der Waals surface area (Å²) in [5, 5.41) is 5.83. The molecule has 1 fully saturated rings. The Morgan fingerprint density at radius 1 is 1.17 bits per heavy atom. The SMILES string of the molecule is CNCC1CC1c1ccc2cc(OC)ccc2c1. The molecular weight excluding hydrogens is 222 g/mol. The maximum atomic E-state index is 5.25. The first-order chi connectivity index (χ1) is 8.81. The average Bonchev–Trinajstić information content (AvgIpc) is 3.17. The van der Waals surface area contributed by atoms with Crippen molar-refractivity contribution in [3.63, 3.8) is 0 Å². The van der Waals surface area contributed by atoms with E-state index in [1.807, 2.05) is 13.1 Å². The topological polar surface area (TPSA) is 21.3 Å². The van der Waals surface area contributed by atoms with Gasteiger partial charge in [-0.3, -0.25) is 0 Å². The van der Waals surface area contributed by atoms with Gasteiger partial charge in [0.15, 0.2) is 0 Å². The molecule has 1 aliphatic carbocycles. The van der Waals surface area contributed by atoms with E-state index >= 15 is 0 Å². The summed E-state index contributed by atoms with van der Waals surface area (Å²) in [7, 11) is 3.74. The summed E-state index contributed by atoms with van der Waals surface area (Å²) in [6.07, 6.45) is 1.32. The maximum Gasteiger partial charge on any atom is 0.119 e. The summed E-state index contributed by atoms with van der Waals surface area (Å²) in [6, 6.07) is 13.1. The van der Waals surface area contributed by atoms with Crippen LogP contribution in [-0.4, -0.2) is 20.7 Å². The average molecular weight is 241 g/mol. The number of methoxy groups -OCH3 is 1. The molecule has 0 saturated heterocycles. The highest BCUT2D eigenvalue weighted by Gasteiger charge is 2.37. The predicted octanol–water partition coefficient (Wildman–Crippen LogP) is 3.17. The quantitative estimate of drug-likeness (QED) is 0.887. The number of benzene rings is 2. The van der Waals surface area contributed by atoms with Gasteiger partial charge in [-0.05, 0) is 60.3 Å². The van der Waals surface area contributed by atoms with Crippen molar-refractivity contribution in [2.45, 2.75) is 12.3 Å². The highest BCUT2D eigenvalue weighted by atomic mass is 16.5. The number of nitrogens with one attached hydrogen (secondary N) is 1. The Hall–Kier alpha value is -1.54. The zero-order valence-electron chi connectivity index (χ0n) is 10.9. The standard InChI is InChI=1S/C16H19NO/c1-17-10-14-9-16(14)13-4-3-12-8-15(18-2)6-5-11(12)7-13/h3-8,14,16-17H,9-10H2,1-2H3. The van der Waals surface area contributed by atoms with Crippen molar-refractivity contribution in [1.29, 1.82) is 0 Å². The van der Waals surface area contributed by atoms with Crippen LogP contribution < -0.4 is 10.1 Å². The van der Waals surface area contributed by atoms with Gasteiger partial charge < -0.3 is 10.1 Å². The molecule has 0 bridgehead atoms. The smallest absolute Gasteiger partial charge is 0.119 e. The zero-order chi connectivity index (χ0) is 12.5. The molecule has 2 atom stereocenters. The van der Waals surface area contributed by atoms with Crippen LogP contribution in [0.3, 0.4) is 0 Å². The number of hydrogen-bond acceptors (Lipinski definition) is 2. The second-order valence-electron chi connectivity index (χ2n) is 5.13. The van der Waals surface area contributed by atoms with Gasteiger partial charge in [0.1, 0.15) is 5.75 Å². The Balaban J connectivity index is 1.88. The van der Waals surface area contributed by atoms with Crippen LogP contribution in [0.15, 0.2) is 36.4 Å². The van der Waals surface area contributed by atoms with E-state index in [4.69, 9.17) is 4.74 Å². The second-order valence-corrected chi connectivity index (χ2v) is 5.13. The van der Waals surface area contributed by atoms with Gasteiger partial charge in [-0.1, -0.05) is 24.3 Å². The fraction of sp³-hybridized carbons (Fsp3) is 0.375. The molecule has 2 aromatic carbocycles. The molecule has 0 amide bonds. The van der Waals surface area contributed by atoms with E-state index in [0.717, 1.165) is 24.1 Å². The summed E-state index contributed by atoms with van der Waals surface area (Å²) in [5.74, 6) is 2.50. The van der Waals surface area contributed by atoms with Crippen molar-refractivity contribution >= 4 is 10.8 Å². The Kier molecular flexibility index (Phi) is 2.96. The molecule has 0 aliphatic heterocycles. The Labute approximate surface area is 108 Å². The molecule has 1 aliphatic rings. The maximum absolute atomic E-state index is 5.25. The first-order valence-corrected chi connectivity index (χ1v) is 6.54. The van der Waals surface area contributed by atoms with E-state index in [-0.39, 0.29) is 0 Å². The monoisotopic (exact) mass is 241 g/mol. The summed E-state index contributed by atoms with van der Waals surface area (Å²) >= 11 is 0. The summed E-state index contributed by atoms with van der Waals surface area (Å²) in [5.41, 5.74) is 1.48. The van der Waals surface area contributed by atoms with Crippen molar-refractivity contribution in [2.24, 2.45) is 5.92 Å². The Morgan fingerprint density at radius 2 is 1.94 bits per heavy atom. The third-order valence-corrected chi connectivity index (χ3v) is 3.89. The summed E-state index contributed by atoms with van der Waals surface area (Å²) < 4.78 is 5.25. The number of fused-ring (bicyclic) bond motifs is 1. The van der Waals surface area contributed by atoms with Gasteiger partial charge in [-0.2, -0.15) is 0 Å². The first-order valence-electron chi connectivity index (χ1n) is 6.54. The van der Waals surface area contributed by atoms with Crippen LogP contribution in [0.5, 0.6) is 5.75 Å². The largest absolute Gasteiger partial charge is 0.497 e. The molecule has 1 N–H and O–H groups in total. The molecule has 0 heterocycles. The molecule has 2 heteroatoms. The van der Waals surface area contributed by atoms with Crippen LogP contribution in [0.1, 0.15) is 17.9 Å². The van der Waals surface area contributed by atoms with Crippen LogP contribution in [0.2, 0.25) is 0 Å². The zero-order valence-corrected chi connectivity index (χ0v) is 10.9. The molecule has 3 rings (SSSR count). The molecule has 2 aromatic rings. The van der Waals surface area contributed by atoms with Crippen LogP contribution in [-0.2, 0) is 0 Å². The number of rotatable bonds is 4. The lowest BCUT2D eigenvalue weighted by Crippen LogP contribution is -2.10. The lowest BCUT2D eigenvalue weighted by Gasteiger charge is -2.05. The van der Waals surface area contributed by atoms with E-state index in [1.165, 1.54) is 22.8 Å². The van der Waals surface area contributed by atoms with Gasteiger partial charge >= 0.3 is 0 Å². The third kappa shape index (κ3) is 2.08. The Bertz CT molecular complexity index is 564. The van der Waals surface area contributed by atoms with Gasteiger partial charge in [0, 0.05) is 0 Å². The fourth-order valence-corrected chi connectivity index (χ4v) is 2.74. The lowest BCUT2D eigenvalue weighted by atomic mass is 10.0. The second kappa shape index (κ2) is 4.62. The fourth-order valence-electron chi connectivity index (χ4n) is 2.74. The van der Waals surface area contributed by atoms with Crippen molar-refractivity contribution in [1.82, 2.24) is 5.32 Å². The molecular formula is C16H19NO. The van der Waals surface area contributed by atoms with E-state index < -0.39 is 0 Å². The molecule has 2 nitrogen and oxygen atoms in total. The molecule has 0 aromatic heterocycles. The molecule has 0 spiro atoms. The van der Waals surface area contributed by atoms with E-state index in [1.54, 1.807) is 7.11 Å². The number of ether oxygens (including phenoxy) is 1. The van der Waals surface area contributed by atoms with Gasteiger partial charge in [-0.15, -0.1) is 0 Å². The molecule has 2 unspecified atom stereocenters. The van der Waals surface area contributed by atoms with Crippen LogP contribution in [0.4, 0.5) is 0 Å². The van der Waals surface area contributed by atoms with Gasteiger partial charge in [0.05, 0.1) is 7.11 Å². The molecule has 1 saturated carbocycles. The normalized spacial score (nSPS) is 22.1. The van der Waals surface area contributed by atoms with Crippen LogP contribution in [0.25, 0.3) is 10.8 Å². The van der Waals surface area contributed by atoms with E-state index in [0.29, 0.717) is 0 Å². The van der Waals surface area contributed by atoms with Crippen LogP contribution >= 0.6 is 0 Å². The summed E-state index contributed by atoms with van der Waals surface area (Å²) in [6.45, 7) is 1.13. The molecule has 18 heavy (non-hydrogen) atoms. The minimum absolute atomic E-state index is 0.754.